The van der Waals surface area contributed by atoms with E-state index in [2.05, 4.69) is 59.1 Å². The highest BCUT2D eigenvalue weighted by Crippen LogP contribution is 2.43. The Bertz CT molecular complexity index is 503. The molecule has 0 N–H and O–H groups in total. The van der Waals surface area contributed by atoms with Crippen molar-refractivity contribution in [1.82, 2.24) is 4.48 Å². The number of quaternary nitrogens is 1. The topological polar surface area (TPSA) is 9.23 Å². The maximum atomic E-state index is 5.61. The van der Waals surface area contributed by atoms with E-state index in [4.69, 9.17) is 4.74 Å². The van der Waals surface area contributed by atoms with Crippen molar-refractivity contribution in [2.45, 2.75) is 33.2 Å². The summed E-state index contributed by atoms with van der Waals surface area (Å²) in [5, 5.41) is 0. The first-order valence-corrected chi connectivity index (χ1v) is 6.61. The number of rotatable bonds is 2. The molecule has 0 aliphatic carbocycles. The molecule has 0 saturated heterocycles. The van der Waals surface area contributed by atoms with E-state index in [-0.39, 0.29) is 29.5 Å². The molecule has 0 spiro atoms. The number of hydrogen-bond acceptors (Lipinski definition) is 1. The van der Waals surface area contributed by atoms with Crippen molar-refractivity contribution in [3.05, 3.63) is 29.8 Å². The maximum absolute atomic E-state index is 5.61. The van der Waals surface area contributed by atoms with Gasteiger partial charge in [-0.15, -0.1) is 0 Å². The third kappa shape index (κ3) is 2.68. The number of ether oxygens (including phenoxy) is 1. The Morgan fingerprint density at radius 3 is 2.42 bits per heavy atom. The minimum absolute atomic E-state index is 0. The van der Waals surface area contributed by atoms with Crippen molar-refractivity contribution in [3.63, 3.8) is 0 Å². The van der Waals surface area contributed by atoms with Crippen LogP contribution in [0.1, 0.15) is 33.3 Å². The Kier molecular flexibility index (Phi) is 4.73. The first-order chi connectivity index (χ1) is 8.29. The molecule has 0 saturated carbocycles. The molecule has 0 atom stereocenters. The monoisotopic (exact) mass is 373 g/mol. The fourth-order valence-electron chi connectivity index (χ4n) is 2.65. The number of nitrogens with zero attached hydrogens (tertiary/aromatic N) is 1. The summed E-state index contributed by atoms with van der Waals surface area (Å²) in [7, 11) is 4.53. The Morgan fingerprint density at radius 2 is 1.84 bits per heavy atom. The average molecular weight is 373 g/mol. The van der Waals surface area contributed by atoms with E-state index in [0.29, 0.717) is 6.61 Å². The van der Waals surface area contributed by atoms with Gasteiger partial charge in [0, 0.05) is 11.6 Å². The molecule has 106 valence electrons. The lowest BCUT2D eigenvalue weighted by molar-refractivity contribution is -0.00000466. The van der Waals surface area contributed by atoms with Crippen LogP contribution in [0.25, 0.3) is 5.57 Å². The molecule has 0 aromatic heterocycles. The summed E-state index contributed by atoms with van der Waals surface area (Å²) in [6, 6.07) is 6.45. The van der Waals surface area contributed by atoms with Crippen LogP contribution in [0.15, 0.2) is 24.3 Å². The number of halogens is 1. The summed E-state index contributed by atoms with van der Waals surface area (Å²) in [6.45, 7) is 9.50. The van der Waals surface area contributed by atoms with Gasteiger partial charge in [-0.1, -0.05) is 0 Å². The molecule has 19 heavy (non-hydrogen) atoms. The first-order valence-electron chi connectivity index (χ1n) is 6.61. The number of fused-ring (bicyclic) bond motifs is 1. The number of allylic oxidation sites excluding steroid dienone is 1. The standard InChI is InChI=1S/C16H24NO.HI/c1-7-18-13-8-9-15-14(10-13)12(2)11-16(3,4)17(15,5)6;/h8-11H,7H2,1-6H3;1H/q+1;/p-1. The van der Waals surface area contributed by atoms with Gasteiger partial charge in [-0.25, -0.2) is 0 Å². The van der Waals surface area contributed by atoms with E-state index in [0.717, 1.165) is 10.2 Å². The van der Waals surface area contributed by atoms with E-state index in [1.807, 2.05) is 6.92 Å². The summed E-state index contributed by atoms with van der Waals surface area (Å²) in [5.74, 6) is 0.962. The van der Waals surface area contributed by atoms with Crippen LogP contribution in [-0.2, 0) is 0 Å². The molecule has 2 rings (SSSR count). The summed E-state index contributed by atoms with van der Waals surface area (Å²) in [6.07, 6.45) is 2.37. The Morgan fingerprint density at radius 1 is 1.21 bits per heavy atom. The van der Waals surface area contributed by atoms with E-state index < -0.39 is 0 Å². The fourth-order valence-corrected chi connectivity index (χ4v) is 2.65. The third-order valence-electron chi connectivity index (χ3n) is 4.32. The molecule has 1 aromatic carbocycles. The van der Waals surface area contributed by atoms with Gasteiger partial charge in [0.05, 0.1) is 20.7 Å². The molecule has 0 radical (unpaired) electrons. The molecule has 0 fully saturated rings. The minimum Gasteiger partial charge on any atom is -1.00 e. The van der Waals surface area contributed by atoms with Crippen LogP contribution in [0.4, 0.5) is 5.69 Å². The molecular formula is C16H24INO. The van der Waals surface area contributed by atoms with Crippen LogP contribution in [0, 0.1) is 0 Å². The summed E-state index contributed by atoms with van der Waals surface area (Å²) >= 11 is 0. The lowest BCUT2D eigenvalue weighted by atomic mass is 9.87. The molecule has 0 unspecified atom stereocenters. The summed E-state index contributed by atoms with van der Waals surface area (Å²) < 4.78 is 6.47. The lowest BCUT2D eigenvalue weighted by Crippen LogP contribution is -3.00. The second-order valence-electron chi connectivity index (χ2n) is 6.05. The van der Waals surface area contributed by atoms with Crippen molar-refractivity contribution in [1.29, 1.82) is 0 Å². The predicted octanol–water partition coefficient (Wildman–Crippen LogP) is 0.852. The maximum Gasteiger partial charge on any atom is 0.140 e. The van der Waals surface area contributed by atoms with E-state index in [9.17, 15) is 0 Å². The van der Waals surface area contributed by atoms with Crippen LogP contribution in [0.2, 0.25) is 0 Å². The second kappa shape index (κ2) is 5.44. The fraction of sp³-hybridized carbons (Fsp3) is 0.500. The third-order valence-corrected chi connectivity index (χ3v) is 4.32. The molecule has 2 nitrogen and oxygen atoms in total. The van der Waals surface area contributed by atoms with E-state index in [1.165, 1.54) is 16.8 Å². The Labute approximate surface area is 134 Å². The number of benzene rings is 1. The molecule has 0 bridgehead atoms. The molecule has 3 heteroatoms. The molecular weight excluding hydrogens is 349 g/mol. The highest BCUT2D eigenvalue weighted by Gasteiger charge is 2.41. The van der Waals surface area contributed by atoms with Crippen molar-refractivity contribution < 1.29 is 28.7 Å². The molecule has 1 aliphatic heterocycles. The van der Waals surface area contributed by atoms with Crippen LogP contribution < -0.4 is 33.2 Å². The van der Waals surface area contributed by atoms with Gasteiger partial charge < -0.3 is 28.7 Å². The minimum atomic E-state index is 0. The zero-order chi connectivity index (χ0) is 13.6. The van der Waals surface area contributed by atoms with Gasteiger partial charge in [-0.05, 0) is 51.5 Å². The lowest BCUT2D eigenvalue weighted by Gasteiger charge is -2.46. The van der Waals surface area contributed by atoms with Gasteiger partial charge in [0.15, 0.2) is 0 Å². The Balaban J connectivity index is 0.00000180. The van der Waals surface area contributed by atoms with Crippen LogP contribution in [0.5, 0.6) is 5.75 Å². The zero-order valence-corrected chi connectivity index (χ0v) is 14.9. The normalized spacial score (nSPS) is 18.9. The SMILES string of the molecule is CCOc1ccc2c(c1)C(C)=CC(C)(C)[N+]2(C)C.[I-]. The highest BCUT2D eigenvalue weighted by atomic mass is 127. The van der Waals surface area contributed by atoms with Crippen molar-refractivity contribution >= 4 is 11.3 Å². The average Bonchev–Trinajstić information content (AvgIpc) is 2.27. The van der Waals surface area contributed by atoms with Crippen molar-refractivity contribution in [2.24, 2.45) is 0 Å². The zero-order valence-electron chi connectivity index (χ0n) is 12.7. The van der Waals surface area contributed by atoms with Gasteiger partial charge >= 0.3 is 0 Å². The molecule has 1 aromatic rings. The Hall–Kier alpha value is -0.550. The molecule has 1 heterocycles. The van der Waals surface area contributed by atoms with Gasteiger partial charge in [0.2, 0.25) is 0 Å². The predicted molar refractivity (Wildman–Crippen MR) is 79.0 cm³/mol. The van der Waals surface area contributed by atoms with Gasteiger partial charge in [0.1, 0.15) is 17.0 Å². The first kappa shape index (κ1) is 16.5. The van der Waals surface area contributed by atoms with Gasteiger partial charge in [0.25, 0.3) is 0 Å². The summed E-state index contributed by atoms with van der Waals surface area (Å²) in [5.41, 5.74) is 4.13. The van der Waals surface area contributed by atoms with Crippen LogP contribution >= 0.6 is 0 Å². The van der Waals surface area contributed by atoms with Gasteiger partial charge in [-0.3, -0.25) is 4.48 Å². The van der Waals surface area contributed by atoms with Crippen LogP contribution in [0.3, 0.4) is 0 Å². The highest BCUT2D eigenvalue weighted by molar-refractivity contribution is 5.80. The summed E-state index contributed by atoms with van der Waals surface area (Å²) in [4.78, 5) is 0. The van der Waals surface area contributed by atoms with E-state index >= 15 is 0 Å². The van der Waals surface area contributed by atoms with E-state index in [1.54, 1.807) is 0 Å². The largest absolute Gasteiger partial charge is 1.00 e. The second-order valence-corrected chi connectivity index (χ2v) is 6.05. The quantitative estimate of drug-likeness (QED) is 0.552. The van der Waals surface area contributed by atoms with Crippen molar-refractivity contribution in [2.75, 3.05) is 20.7 Å². The molecule has 0 amide bonds. The van der Waals surface area contributed by atoms with Gasteiger partial charge in [-0.2, -0.15) is 0 Å². The number of hydrogen-bond donors (Lipinski definition) is 0. The van der Waals surface area contributed by atoms with Crippen LogP contribution in [-0.4, -0.2) is 26.2 Å². The number of likely N-dealkylation sites (N-methyl/N-ethyl adjacent to an activating group) is 1. The molecule has 1 aliphatic rings. The van der Waals surface area contributed by atoms with Crippen molar-refractivity contribution in [3.8, 4) is 5.75 Å². The smallest absolute Gasteiger partial charge is 0.140 e.